The Morgan fingerprint density at radius 3 is 2.58 bits per heavy atom. The molecule has 1 aromatic heterocycles. The quantitative estimate of drug-likeness (QED) is 0.707. The number of hydrogen-bond donors (Lipinski definition) is 2. The first-order valence-electron chi connectivity index (χ1n) is 7.91. The number of nitrogens with zero attached hydrogens (tertiary/aromatic N) is 1. The van der Waals surface area contributed by atoms with E-state index in [9.17, 15) is 12.8 Å². The summed E-state index contributed by atoms with van der Waals surface area (Å²) < 4.78 is 40.3. The van der Waals surface area contributed by atoms with Gasteiger partial charge in [0.1, 0.15) is 11.6 Å². The molecule has 0 fully saturated rings. The molecule has 0 unspecified atom stereocenters. The van der Waals surface area contributed by atoms with Crippen molar-refractivity contribution in [1.29, 1.82) is 0 Å². The van der Waals surface area contributed by atoms with Crippen LogP contribution in [0.1, 0.15) is 31.7 Å². The minimum Gasteiger partial charge on any atom is -0.384 e. The number of unbranched alkanes of at least 4 members (excludes halogenated alkanes) is 2. The maximum absolute atomic E-state index is 13.3. The fourth-order valence-electron chi connectivity index (χ4n) is 2.15. The van der Waals surface area contributed by atoms with E-state index in [-0.39, 0.29) is 16.3 Å². The van der Waals surface area contributed by atoms with Crippen LogP contribution in [0.3, 0.4) is 0 Å². The monoisotopic (exact) mass is 351 g/mol. The summed E-state index contributed by atoms with van der Waals surface area (Å²) >= 11 is 0. The van der Waals surface area contributed by atoms with Crippen LogP contribution in [0.5, 0.6) is 0 Å². The van der Waals surface area contributed by atoms with Gasteiger partial charge in [0.05, 0.1) is 16.8 Å². The van der Waals surface area contributed by atoms with Crippen LogP contribution in [0.15, 0.2) is 41.4 Å². The Morgan fingerprint density at radius 2 is 1.96 bits per heavy atom. The summed E-state index contributed by atoms with van der Waals surface area (Å²) in [6, 6.07) is 7.03. The molecule has 1 aromatic carbocycles. The summed E-state index contributed by atoms with van der Waals surface area (Å²) in [5, 5.41) is 3.23. The number of benzene rings is 1. The Labute approximate surface area is 142 Å². The first-order valence-corrected chi connectivity index (χ1v) is 9.39. The van der Waals surface area contributed by atoms with Crippen molar-refractivity contribution in [3.05, 3.63) is 47.9 Å². The van der Waals surface area contributed by atoms with E-state index in [1.807, 2.05) is 0 Å². The van der Waals surface area contributed by atoms with Crippen molar-refractivity contribution in [2.75, 3.05) is 16.6 Å². The lowest BCUT2D eigenvalue weighted by atomic mass is 10.2. The van der Waals surface area contributed by atoms with Crippen molar-refractivity contribution in [2.24, 2.45) is 0 Å². The van der Waals surface area contributed by atoms with E-state index >= 15 is 0 Å². The third kappa shape index (κ3) is 4.92. The number of anilines is 2. The Bertz CT molecular complexity index is 777. The Morgan fingerprint density at radius 1 is 1.17 bits per heavy atom. The van der Waals surface area contributed by atoms with Gasteiger partial charge in [0.15, 0.2) is 0 Å². The standard InChI is InChI=1S/C17H22FN3O2S/c1-3-4-5-10-19-14-6-9-17(20-12-14)21-24(22,23)15-7-8-16(18)13(2)11-15/h6-9,11-12,19H,3-5,10H2,1-2H3,(H,20,21). The molecule has 0 aliphatic heterocycles. The van der Waals surface area contributed by atoms with E-state index in [2.05, 4.69) is 21.9 Å². The zero-order valence-corrected chi connectivity index (χ0v) is 14.7. The Hall–Kier alpha value is -2.15. The van der Waals surface area contributed by atoms with E-state index in [0.29, 0.717) is 0 Å². The fourth-order valence-corrected chi connectivity index (χ4v) is 3.24. The summed E-state index contributed by atoms with van der Waals surface area (Å²) in [5.41, 5.74) is 1.11. The molecule has 0 atom stereocenters. The second-order valence-electron chi connectivity index (χ2n) is 5.58. The predicted octanol–water partition coefficient (Wildman–Crippen LogP) is 3.93. The highest BCUT2D eigenvalue weighted by atomic mass is 32.2. The maximum Gasteiger partial charge on any atom is 0.263 e. The minimum atomic E-state index is -3.79. The number of hydrogen-bond acceptors (Lipinski definition) is 4. The van der Waals surface area contributed by atoms with E-state index in [1.54, 1.807) is 18.3 Å². The van der Waals surface area contributed by atoms with Crippen LogP contribution in [-0.4, -0.2) is 19.9 Å². The molecule has 5 nitrogen and oxygen atoms in total. The van der Waals surface area contributed by atoms with Gasteiger partial charge in [0, 0.05) is 6.54 Å². The first kappa shape index (κ1) is 18.2. The van der Waals surface area contributed by atoms with Crippen molar-refractivity contribution in [2.45, 2.75) is 38.0 Å². The lowest BCUT2D eigenvalue weighted by Gasteiger charge is -2.10. The topological polar surface area (TPSA) is 71.1 Å². The highest BCUT2D eigenvalue weighted by molar-refractivity contribution is 7.92. The average Bonchev–Trinajstić information content (AvgIpc) is 2.55. The van der Waals surface area contributed by atoms with Gasteiger partial charge in [-0.1, -0.05) is 19.8 Å². The third-order valence-corrected chi connectivity index (χ3v) is 4.90. The molecule has 0 amide bonds. The smallest absolute Gasteiger partial charge is 0.263 e. The van der Waals surface area contributed by atoms with E-state index in [0.717, 1.165) is 37.6 Å². The van der Waals surface area contributed by atoms with Crippen molar-refractivity contribution in [3.63, 3.8) is 0 Å². The van der Waals surface area contributed by atoms with E-state index in [4.69, 9.17) is 0 Å². The van der Waals surface area contributed by atoms with Crippen molar-refractivity contribution in [3.8, 4) is 0 Å². The molecule has 130 valence electrons. The molecule has 2 aromatic rings. The fraction of sp³-hybridized carbons (Fsp3) is 0.353. The van der Waals surface area contributed by atoms with Gasteiger partial charge in [-0.15, -0.1) is 0 Å². The number of sulfonamides is 1. The molecule has 1 heterocycles. The van der Waals surface area contributed by atoms with Gasteiger partial charge in [-0.25, -0.2) is 17.8 Å². The second kappa shape index (κ2) is 8.10. The summed E-state index contributed by atoms with van der Waals surface area (Å²) in [5.74, 6) is -0.221. The number of aryl methyl sites for hydroxylation is 1. The zero-order chi connectivity index (χ0) is 17.6. The third-order valence-electron chi connectivity index (χ3n) is 3.55. The van der Waals surface area contributed by atoms with Gasteiger partial charge in [0.2, 0.25) is 0 Å². The number of halogens is 1. The van der Waals surface area contributed by atoms with Gasteiger partial charge in [-0.2, -0.15) is 0 Å². The second-order valence-corrected chi connectivity index (χ2v) is 7.26. The first-order chi connectivity index (χ1) is 11.4. The number of nitrogens with one attached hydrogen (secondary N) is 2. The normalized spacial score (nSPS) is 11.3. The lowest BCUT2D eigenvalue weighted by Crippen LogP contribution is -2.14. The predicted molar refractivity (Wildman–Crippen MR) is 94.2 cm³/mol. The van der Waals surface area contributed by atoms with Crippen molar-refractivity contribution < 1.29 is 12.8 Å². The Kier molecular flexibility index (Phi) is 6.14. The lowest BCUT2D eigenvalue weighted by molar-refractivity contribution is 0.598. The van der Waals surface area contributed by atoms with Crippen molar-refractivity contribution >= 4 is 21.5 Å². The molecule has 0 aliphatic carbocycles. The van der Waals surface area contributed by atoms with Gasteiger partial charge in [-0.3, -0.25) is 4.72 Å². The van der Waals surface area contributed by atoms with Gasteiger partial charge in [-0.05, 0) is 49.2 Å². The molecule has 7 heteroatoms. The van der Waals surface area contributed by atoms with E-state index < -0.39 is 15.8 Å². The summed E-state index contributed by atoms with van der Waals surface area (Å²) in [6.45, 7) is 4.52. The van der Waals surface area contributed by atoms with E-state index in [1.165, 1.54) is 19.1 Å². The highest BCUT2D eigenvalue weighted by Gasteiger charge is 2.16. The largest absolute Gasteiger partial charge is 0.384 e. The number of aromatic nitrogens is 1. The van der Waals surface area contributed by atoms with Gasteiger partial charge in [0.25, 0.3) is 10.0 Å². The zero-order valence-electron chi connectivity index (χ0n) is 13.8. The van der Waals surface area contributed by atoms with Crippen molar-refractivity contribution in [1.82, 2.24) is 4.98 Å². The van der Waals surface area contributed by atoms with Crippen LogP contribution in [0, 0.1) is 12.7 Å². The van der Waals surface area contributed by atoms with Crippen LogP contribution in [0.2, 0.25) is 0 Å². The molecule has 0 spiro atoms. The van der Waals surface area contributed by atoms with Gasteiger partial charge >= 0.3 is 0 Å². The van der Waals surface area contributed by atoms with Crippen LogP contribution in [0.25, 0.3) is 0 Å². The summed E-state index contributed by atoms with van der Waals surface area (Å²) in [7, 11) is -3.79. The minimum absolute atomic E-state index is 0.00460. The molecule has 2 rings (SSSR count). The van der Waals surface area contributed by atoms with Crippen LogP contribution >= 0.6 is 0 Å². The molecule has 0 radical (unpaired) electrons. The number of rotatable bonds is 8. The summed E-state index contributed by atoms with van der Waals surface area (Å²) in [4.78, 5) is 4.11. The Balaban J connectivity index is 2.03. The van der Waals surface area contributed by atoms with Crippen LogP contribution < -0.4 is 10.0 Å². The molecular weight excluding hydrogens is 329 g/mol. The average molecular weight is 351 g/mol. The molecule has 0 aliphatic rings. The van der Waals surface area contributed by atoms with Crippen LogP contribution in [0.4, 0.5) is 15.9 Å². The molecular formula is C17H22FN3O2S. The SMILES string of the molecule is CCCCCNc1ccc(NS(=O)(=O)c2ccc(F)c(C)c2)nc1. The molecule has 0 bridgehead atoms. The summed E-state index contributed by atoms with van der Waals surface area (Å²) in [6.07, 6.45) is 4.98. The molecule has 0 saturated carbocycles. The number of pyridine rings is 1. The molecule has 2 N–H and O–H groups in total. The molecule has 24 heavy (non-hydrogen) atoms. The van der Waals surface area contributed by atoms with Crippen LogP contribution in [-0.2, 0) is 10.0 Å². The van der Waals surface area contributed by atoms with Gasteiger partial charge < -0.3 is 5.32 Å². The highest BCUT2D eigenvalue weighted by Crippen LogP contribution is 2.18. The maximum atomic E-state index is 13.3. The molecule has 0 saturated heterocycles.